The minimum absolute atomic E-state index is 0.168. The number of likely N-dealkylation sites (tertiary alicyclic amines) is 1. The number of fused-ring (bicyclic) bond motifs is 2. The Balaban J connectivity index is 1.22. The lowest BCUT2D eigenvalue weighted by atomic mass is 9.98. The van der Waals surface area contributed by atoms with Crippen LogP contribution in [0.1, 0.15) is 53.2 Å². The van der Waals surface area contributed by atoms with Crippen molar-refractivity contribution in [3.05, 3.63) is 53.2 Å². The first-order valence-corrected chi connectivity index (χ1v) is 13.1. The lowest BCUT2D eigenvalue weighted by Gasteiger charge is -2.38. The Bertz CT molecular complexity index is 1450. The molecule has 7 rings (SSSR count). The molecule has 2 aromatic heterocycles. The van der Waals surface area contributed by atoms with Crippen LogP contribution in [0.5, 0.6) is 0 Å². The number of benzene rings is 1. The molecule has 0 spiro atoms. The summed E-state index contributed by atoms with van der Waals surface area (Å²) < 4.78 is 2.29. The van der Waals surface area contributed by atoms with Crippen LogP contribution in [0.15, 0.2) is 36.5 Å². The summed E-state index contributed by atoms with van der Waals surface area (Å²) in [6, 6.07) is 10.0. The molecule has 1 aromatic carbocycles. The minimum Gasteiger partial charge on any atom is -0.396 e. The number of hydrogen-bond acceptors (Lipinski definition) is 6. The summed E-state index contributed by atoms with van der Waals surface area (Å²) in [6.45, 7) is 3.18. The van der Waals surface area contributed by atoms with Gasteiger partial charge in [0.1, 0.15) is 11.7 Å². The molecule has 9 heteroatoms. The van der Waals surface area contributed by atoms with Crippen molar-refractivity contribution in [3.8, 4) is 11.3 Å². The standard InChI is InChI=1S/C28H29N5O4/c34-15-16-11-31(12-16)13-19-10-23(29-26-21(19)7-8-32(26)20-2-3-20)17-1-4-22-18(9-17)14-33(28(22)37)24-5-6-25(35)30-27(24)36/h1,4,7-10,16,20,24,34H,2-3,5-6,11-15H2,(H,30,35,36). The van der Waals surface area contributed by atoms with Gasteiger partial charge >= 0.3 is 0 Å². The highest BCUT2D eigenvalue weighted by molar-refractivity contribution is 6.05. The highest BCUT2D eigenvalue weighted by atomic mass is 16.3. The quantitative estimate of drug-likeness (QED) is 0.504. The number of piperidine rings is 1. The van der Waals surface area contributed by atoms with E-state index in [4.69, 9.17) is 4.98 Å². The molecule has 9 nitrogen and oxygen atoms in total. The Hall–Kier alpha value is -3.56. The number of amides is 3. The zero-order chi connectivity index (χ0) is 25.3. The third-order valence-corrected chi connectivity index (χ3v) is 8.22. The molecule has 2 saturated heterocycles. The van der Waals surface area contributed by atoms with Gasteiger partial charge in [0.25, 0.3) is 5.91 Å². The smallest absolute Gasteiger partial charge is 0.255 e. The molecule has 4 aliphatic rings. The van der Waals surface area contributed by atoms with Crippen molar-refractivity contribution in [1.29, 1.82) is 0 Å². The Labute approximate surface area is 214 Å². The van der Waals surface area contributed by atoms with E-state index in [-0.39, 0.29) is 24.8 Å². The number of aliphatic hydroxyl groups excluding tert-OH is 1. The number of carbonyl (C=O) groups is 3. The first-order valence-electron chi connectivity index (χ1n) is 13.1. The highest BCUT2D eigenvalue weighted by Gasteiger charge is 2.39. The van der Waals surface area contributed by atoms with E-state index in [0.29, 0.717) is 30.5 Å². The fourth-order valence-corrected chi connectivity index (χ4v) is 6.02. The number of pyridine rings is 1. The van der Waals surface area contributed by atoms with E-state index in [1.807, 2.05) is 18.2 Å². The summed E-state index contributed by atoms with van der Waals surface area (Å²) in [5, 5.41) is 13.0. The third kappa shape index (κ3) is 3.84. The number of aromatic nitrogens is 2. The summed E-state index contributed by atoms with van der Waals surface area (Å²) >= 11 is 0. The van der Waals surface area contributed by atoms with Crippen LogP contribution >= 0.6 is 0 Å². The summed E-state index contributed by atoms with van der Waals surface area (Å²) in [5.41, 5.74) is 5.51. The number of nitrogens with zero attached hydrogens (tertiary/aromatic N) is 4. The van der Waals surface area contributed by atoms with Crippen LogP contribution in [-0.2, 0) is 22.7 Å². The zero-order valence-electron chi connectivity index (χ0n) is 20.5. The maximum Gasteiger partial charge on any atom is 0.255 e. The average Bonchev–Trinajstić information content (AvgIpc) is 3.54. The lowest BCUT2D eigenvalue weighted by Crippen LogP contribution is -2.52. The van der Waals surface area contributed by atoms with Crippen LogP contribution < -0.4 is 5.32 Å². The number of rotatable bonds is 6. The molecule has 5 heterocycles. The van der Waals surface area contributed by atoms with Gasteiger partial charge in [0.05, 0.1) is 5.69 Å². The molecular weight excluding hydrogens is 470 g/mol. The van der Waals surface area contributed by atoms with Crippen molar-refractivity contribution in [1.82, 2.24) is 24.7 Å². The van der Waals surface area contributed by atoms with Gasteiger partial charge in [-0.05, 0) is 54.7 Å². The molecule has 1 unspecified atom stereocenters. The van der Waals surface area contributed by atoms with Gasteiger partial charge in [0.15, 0.2) is 0 Å². The molecule has 3 aliphatic heterocycles. The van der Waals surface area contributed by atoms with Gasteiger partial charge in [-0.25, -0.2) is 4.98 Å². The van der Waals surface area contributed by atoms with Crippen molar-refractivity contribution >= 4 is 28.8 Å². The van der Waals surface area contributed by atoms with Gasteiger partial charge in [-0.1, -0.05) is 6.07 Å². The normalized spacial score (nSPS) is 22.5. The van der Waals surface area contributed by atoms with Gasteiger partial charge in [0, 0.05) is 73.9 Å². The van der Waals surface area contributed by atoms with Gasteiger partial charge in [-0.2, -0.15) is 0 Å². The van der Waals surface area contributed by atoms with Crippen molar-refractivity contribution in [2.24, 2.45) is 5.92 Å². The van der Waals surface area contributed by atoms with Crippen LogP contribution in [0.2, 0.25) is 0 Å². The summed E-state index contributed by atoms with van der Waals surface area (Å²) in [4.78, 5) is 46.1. The van der Waals surface area contributed by atoms with E-state index in [2.05, 4.69) is 33.1 Å². The molecule has 0 radical (unpaired) electrons. The van der Waals surface area contributed by atoms with Gasteiger partial charge in [0.2, 0.25) is 11.8 Å². The molecule has 190 valence electrons. The second-order valence-electron chi connectivity index (χ2n) is 10.9. The molecule has 3 fully saturated rings. The summed E-state index contributed by atoms with van der Waals surface area (Å²) in [7, 11) is 0. The Kier molecular flexibility index (Phi) is 5.19. The average molecular weight is 500 g/mol. The van der Waals surface area contributed by atoms with E-state index < -0.39 is 11.9 Å². The van der Waals surface area contributed by atoms with Crippen molar-refractivity contribution in [2.45, 2.75) is 50.9 Å². The Morgan fingerprint density at radius 2 is 1.89 bits per heavy atom. The number of hydrogen-bond donors (Lipinski definition) is 2. The second-order valence-corrected chi connectivity index (χ2v) is 10.9. The van der Waals surface area contributed by atoms with E-state index in [1.54, 1.807) is 4.90 Å². The first-order chi connectivity index (χ1) is 18.0. The largest absolute Gasteiger partial charge is 0.396 e. The third-order valence-electron chi connectivity index (χ3n) is 8.22. The molecular formula is C28H29N5O4. The van der Waals surface area contributed by atoms with E-state index in [1.165, 1.54) is 23.8 Å². The SMILES string of the molecule is O=C1CCC(N2Cc3cc(-c4cc(CN5CC(CO)C5)c5ccn(C6CC6)c5n4)ccc3C2=O)C(=O)N1. The molecule has 1 aliphatic carbocycles. The van der Waals surface area contributed by atoms with Crippen LogP contribution in [0, 0.1) is 5.92 Å². The van der Waals surface area contributed by atoms with E-state index in [9.17, 15) is 19.5 Å². The minimum atomic E-state index is -0.622. The zero-order valence-corrected chi connectivity index (χ0v) is 20.5. The van der Waals surface area contributed by atoms with Crippen molar-refractivity contribution in [3.63, 3.8) is 0 Å². The highest BCUT2D eigenvalue weighted by Crippen LogP contribution is 2.39. The van der Waals surface area contributed by atoms with E-state index in [0.717, 1.165) is 42.1 Å². The molecule has 1 atom stereocenters. The molecule has 3 amide bonds. The Morgan fingerprint density at radius 3 is 2.65 bits per heavy atom. The summed E-state index contributed by atoms with van der Waals surface area (Å²) in [6.07, 6.45) is 5.09. The summed E-state index contributed by atoms with van der Waals surface area (Å²) in [5.74, 6) is -0.496. The second kappa shape index (κ2) is 8.49. The van der Waals surface area contributed by atoms with Crippen molar-refractivity contribution in [2.75, 3.05) is 19.7 Å². The number of carbonyl (C=O) groups excluding carboxylic acids is 3. The number of aliphatic hydroxyl groups is 1. The predicted octanol–water partition coefficient (Wildman–Crippen LogP) is 2.22. The van der Waals surface area contributed by atoms with Gasteiger partial charge in [-0.3, -0.25) is 24.6 Å². The predicted molar refractivity (Wildman–Crippen MR) is 135 cm³/mol. The van der Waals surface area contributed by atoms with Crippen LogP contribution in [0.4, 0.5) is 0 Å². The van der Waals surface area contributed by atoms with Gasteiger partial charge < -0.3 is 14.6 Å². The van der Waals surface area contributed by atoms with Crippen molar-refractivity contribution < 1.29 is 19.5 Å². The lowest BCUT2D eigenvalue weighted by molar-refractivity contribution is -0.136. The maximum atomic E-state index is 13.1. The monoisotopic (exact) mass is 499 g/mol. The van der Waals surface area contributed by atoms with E-state index >= 15 is 0 Å². The fraction of sp³-hybridized carbons (Fsp3) is 0.429. The molecule has 37 heavy (non-hydrogen) atoms. The molecule has 1 saturated carbocycles. The fourth-order valence-electron chi connectivity index (χ4n) is 6.02. The molecule has 0 bridgehead atoms. The Morgan fingerprint density at radius 1 is 1.05 bits per heavy atom. The van der Waals surface area contributed by atoms with Crippen LogP contribution in [-0.4, -0.2) is 67.9 Å². The topological polar surface area (TPSA) is 108 Å². The number of nitrogens with one attached hydrogen (secondary N) is 1. The molecule has 3 aromatic rings. The maximum absolute atomic E-state index is 13.1. The molecule has 2 N–H and O–H groups in total. The van der Waals surface area contributed by atoms with Crippen LogP contribution in [0.3, 0.4) is 0 Å². The van der Waals surface area contributed by atoms with Crippen LogP contribution in [0.25, 0.3) is 22.3 Å². The first kappa shape index (κ1) is 22.6. The van der Waals surface area contributed by atoms with Gasteiger partial charge in [-0.15, -0.1) is 0 Å². The number of imide groups is 1.